The topological polar surface area (TPSA) is 12.0 Å². The number of hydrogen-bond donors (Lipinski definition) is 1. The molecule has 0 radical (unpaired) electrons. The molecule has 0 saturated carbocycles. The summed E-state index contributed by atoms with van der Waals surface area (Å²) < 4.78 is 0. The highest BCUT2D eigenvalue weighted by Gasteiger charge is 2.19. The van der Waals surface area contributed by atoms with Crippen molar-refractivity contribution in [3.8, 4) is 0 Å². The molecule has 21 heavy (non-hydrogen) atoms. The van der Waals surface area contributed by atoms with Gasteiger partial charge in [0.1, 0.15) is 0 Å². The standard InChI is InChI=1S/C16H17Cl2NS2/c1-19-14(7-10-6-12(17)2-3-13(10)18)16-8-11-9-20-5-4-15(11)21-16/h2-3,6,8,14,19H,4-5,7,9H2,1H3. The first-order valence-electron chi connectivity index (χ1n) is 6.98. The molecule has 0 saturated heterocycles. The fourth-order valence-corrected chi connectivity index (χ4v) is 5.48. The number of thiophene rings is 1. The number of benzene rings is 1. The van der Waals surface area contributed by atoms with Crippen molar-refractivity contribution in [2.24, 2.45) is 0 Å². The van der Waals surface area contributed by atoms with Gasteiger partial charge in [-0.3, -0.25) is 0 Å². The molecule has 0 fully saturated rings. The van der Waals surface area contributed by atoms with E-state index in [9.17, 15) is 0 Å². The van der Waals surface area contributed by atoms with Gasteiger partial charge in [0.15, 0.2) is 0 Å². The van der Waals surface area contributed by atoms with Gasteiger partial charge < -0.3 is 5.32 Å². The summed E-state index contributed by atoms with van der Waals surface area (Å²) in [6, 6.07) is 8.34. The first-order chi connectivity index (χ1) is 10.2. The third-order valence-electron chi connectivity index (χ3n) is 3.77. The van der Waals surface area contributed by atoms with E-state index in [-0.39, 0.29) is 0 Å². The van der Waals surface area contributed by atoms with Gasteiger partial charge in [0.2, 0.25) is 0 Å². The van der Waals surface area contributed by atoms with Crippen molar-refractivity contribution in [2.75, 3.05) is 12.8 Å². The zero-order valence-electron chi connectivity index (χ0n) is 11.8. The van der Waals surface area contributed by atoms with Crippen molar-refractivity contribution in [1.29, 1.82) is 0 Å². The number of rotatable bonds is 4. The first kappa shape index (κ1) is 15.7. The molecule has 1 aliphatic heterocycles. The van der Waals surface area contributed by atoms with Gasteiger partial charge in [0.25, 0.3) is 0 Å². The number of nitrogens with one attached hydrogen (secondary N) is 1. The maximum Gasteiger partial charge on any atom is 0.0453 e. The molecule has 0 spiro atoms. The monoisotopic (exact) mass is 357 g/mol. The maximum atomic E-state index is 6.30. The fraction of sp³-hybridized carbons (Fsp3) is 0.375. The van der Waals surface area contributed by atoms with E-state index < -0.39 is 0 Å². The Bertz CT molecular complexity index is 616. The molecule has 1 N–H and O–H groups in total. The lowest BCUT2D eigenvalue weighted by Gasteiger charge is -2.15. The number of aryl methyl sites for hydroxylation is 1. The summed E-state index contributed by atoms with van der Waals surface area (Å²) in [6.45, 7) is 0. The summed E-state index contributed by atoms with van der Waals surface area (Å²) in [6.07, 6.45) is 2.07. The molecule has 3 rings (SSSR count). The molecule has 0 aliphatic carbocycles. The van der Waals surface area contributed by atoms with E-state index in [4.69, 9.17) is 23.2 Å². The van der Waals surface area contributed by atoms with Crippen LogP contribution >= 0.6 is 46.3 Å². The lowest BCUT2D eigenvalue weighted by atomic mass is 10.0. The Kier molecular flexibility index (Phi) is 5.18. The Morgan fingerprint density at radius 1 is 1.29 bits per heavy atom. The third kappa shape index (κ3) is 3.59. The quantitative estimate of drug-likeness (QED) is 0.791. The van der Waals surface area contributed by atoms with Gasteiger partial charge in [0, 0.05) is 31.6 Å². The fourth-order valence-electron chi connectivity index (χ4n) is 2.61. The molecular weight excluding hydrogens is 341 g/mol. The van der Waals surface area contributed by atoms with Crippen LogP contribution in [0.5, 0.6) is 0 Å². The maximum absolute atomic E-state index is 6.30. The summed E-state index contributed by atoms with van der Waals surface area (Å²) in [5, 5.41) is 4.95. The zero-order valence-corrected chi connectivity index (χ0v) is 14.9. The zero-order chi connectivity index (χ0) is 14.8. The van der Waals surface area contributed by atoms with Gasteiger partial charge in [-0.2, -0.15) is 11.8 Å². The van der Waals surface area contributed by atoms with Crippen LogP contribution in [0.3, 0.4) is 0 Å². The second-order valence-corrected chi connectivity index (χ2v) is 8.30. The summed E-state index contributed by atoms with van der Waals surface area (Å²) in [4.78, 5) is 2.96. The summed E-state index contributed by atoms with van der Waals surface area (Å²) in [5.74, 6) is 2.40. The lowest BCUT2D eigenvalue weighted by molar-refractivity contribution is 0.602. The van der Waals surface area contributed by atoms with Crippen LogP contribution in [0.4, 0.5) is 0 Å². The van der Waals surface area contributed by atoms with Crippen LogP contribution in [0.2, 0.25) is 10.0 Å². The number of thioether (sulfide) groups is 1. The van der Waals surface area contributed by atoms with E-state index in [1.807, 2.05) is 48.3 Å². The highest BCUT2D eigenvalue weighted by Crippen LogP contribution is 2.36. The van der Waals surface area contributed by atoms with Gasteiger partial charge >= 0.3 is 0 Å². The molecule has 5 heteroatoms. The van der Waals surface area contributed by atoms with Gasteiger partial charge in [-0.25, -0.2) is 0 Å². The Hall–Kier alpha value is -0.190. The summed E-state index contributed by atoms with van der Waals surface area (Å²) >= 11 is 16.4. The second-order valence-electron chi connectivity index (χ2n) is 5.18. The summed E-state index contributed by atoms with van der Waals surface area (Å²) in [5.41, 5.74) is 2.62. The Labute approximate surface area is 144 Å². The van der Waals surface area contributed by atoms with Crippen molar-refractivity contribution in [2.45, 2.75) is 24.6 Å². The number of hydrogen-bond acceptors (Lipinski definition) is 3. The third-order valence-corrected chi connectivity index (χ3v) is 6.73. The van der Waals surface area contributed by atoms with E-state index in [1.54, 1.807) is 4.88 Å². The van der Waals surface area contributed by atoms with Crippen molar-refractivity contribution in [1.82, 2.24) is 5.32 Å². The van der Waals surface area contributed by atoms with Gasteiger partial charge in [-0.05, 0) is 61.0 Å². The van der Waals surface area contributed by atoms with E-state index in [0.29, 0.717) is 6.04 Å². The van der Waals surface area contributed by atoms with Crippen LogP contribution in [0.15, 0.2) is 24.3 Å². The van der Waals surface area contributed by atoms with Gasteiger partial charge in [-0.1, -0.05) is 23.2 Å². The minimum Gasteiger partial charge on any atom is -0.312 e. The van der Waals surface area contributed by atoms with Gasteiger partial charge in [-0.15, -0.1) is 11.3 Å². The molecule has 1 atom stereocenters. The van der Waals surface area contributed by atoms with Crippen LogP contribution in [-0.4, -0.2) is 12.8 Å². The Morgan fingerprint density at radius 3 is 2.90 bits per heavy atom. The van der Waals surface area contributed by atoms with Crippen LogP contribution in [0, 0.1) is 0 Å². The van der Waals surface area contributed by atoms with Crippen LogP contribution in [-0.2, 0) is 18.6 Å². The molecule has 1 aromatic heterocycles. The molecule has 1 aromatic carbocycles. The van der Waals surface area contributed by atoms with E-state index >= 15 is 0 Å². The minimum atomic E-state index is 0.293. The second kappa shape index (κ2) is 6.93. The van der Waals surface area contributed by atoms with Crippen molar-refractivity contribution < 1.29 is 0 Å². The molecule has 0 bridgehead atoms. The average molecular weight is 358 g/mol. The molecule has 1 nitrogen and oxygen atoms in total. The van der Waals surface area contributed by atoms with E-state index in [1.165, 1.54) is 22.6 Å². The molecule has 2 heterocycles. The normalized spacial score (nSPS) is 15.8. The lowest BCUT2D eigenvalue weighted by Crippen LogP contribution is -2.17. The Balaban J connectivity index is 1.84. The van der Waals surface area contributed by atoms with E-state index in [0.717, 1.165) is 27.8 Å². The van der Waals surface area contributed by atoms with Crippen molar-refractivity contribution in [3.05, 3.63) is 55.2 Å². The highest BCUT2D eigenvalue weighted by atomic mass is 35.5. The van der Waals surface area contributed by atoms with Crippen molar-refractivity contribution in [3.63, 3.8) is 0 Å². The van der Waals surface area contributed by atoms with Crippen LogP contribution in [0.1, 0.15) is 26.9 Å². The highest BCUT2D eigenvalue weighted by molar-refractivity contribution is 7.98. The molecule has 1 aliphatic rings. The summed E-state index contributed by atoms with van der Waals surface area (Å²) in [7, 11) is 2.01. The van der Waals surface area contributed by atoms with Crippen LogP contribution < -0.4 is 5.32 Å². The van der Waals surface area contributed by atoms with Gasteiger partial charge in [0.05, 0.1) is 0 Å². The number of likely N-dealkylation sites (N-methyl/N-ethyl adjacent to an activating group) is 1. The number of halogens is 2. The largest absolute Gasteiger partial charge is 0.312 e. The number of fused-ring (bicyclic) bond motifs is 1. The average Bonchev–Trinajstić information content (AvgIpc) is 2.91. The predicted octanol–water partition coefficient (Wildman–Crippen LogP) is 5.35. The molecule has 2 aromatic rings. The van der Waals surface area contributed by atoms with Crippen molar-refractivity contribution >= 4 is 46.3 Å². The minimum absolute atomic E-state index is 0.293. The SMILES string of the molecule is CNC(Cc1cc(Cl)ccc1Cl)c1cc2c(s1)CCSC2. The molecule has 112 valence electrons. The molecule has 0 amide bonds. The van der Waals surface area contributed by atoms with Crippen LogP contribution in [0.25, 0.3) is 0 Å². The first-order valence-corrected chi connectivity index (χ1v) is 9.70. The van der Waals surface area contributed by atoms with E-state index in [2.05, 4.69) is 11.4 Å². The Morgan fingerprint density at radius 2 is 2.14 bits per heavy atom. The molecule has 1 unspecified atom stereocenters. The molecular formula is C16H17Cl2NS2. The predicted molar refractivity (Wildman–Crippen MR) is 96.2 cm³/mol. The smallest absolute Gasteiger partial charge is 0.0453 e.